The molecule has 1 aliphatic heterocycles. The molecule has 12 heteroatoms. The van der Waals surface area contributed by atoms with Crippen LogP contribution in [0.5, 0.6) is 5.75 Å². The number of carbonyl (C=O) groups is 1. The predicted molar refractivity (Wildman–Crippen MR) is 127 cm³/mol. The molecule has 178 valence electrons. The van der Waals surface area contributed by atoms with Gasteiger partial charge in [-0.25, -0.2) is 4.98 Å². The number of hydrogen-bond donors (Lipinski definition) is 1. The van der Waals surface area contributed by atoms with Crippen molar-refractivity contribution in [1.82, 2.24) is 9.55 Å². The van der Waals surface area contributed by atoms with Crippen molar-refractivity contribution < 1.29 is 22.7 Å². The molecule has 1 aromatic heterocycles. The predicted octanol–water partition coefficient (Wildman–Crippen LogP) is 5.29. The summed E-state index contributed by atoms with van der Waals surface area (Å²) in [6.07, 6.45) is -3.93. The fourth-order valence-electron chi connectivity index (χ4n) is 3.26. The van der Waals surface area contributed by atoms with E-state index in [9.17, 15) is 22.8 Å². The number of nitrogens with one attached hydrogen (secondary N) is 1. The first kappa shape index (κ1) is 24.5. The van der Waals surface area contributed by atoms with Crippen LogP contribution in [0.4, 0.5) is 18.9 Å². The third-order valence-electron chi connectivity index (χ3n) is 4.90. The number of alkyl halides is 3. The van der Waals surface area contributed by atoms with Crippen LogP contribution in [0.25, 0.3) is 5.69 Å². The van der Waals surface area contributed by atoms with Crippen molar-refractivity contribution in [2.24, 2.45) is 0 Å². The van der Waals surface area contributed by atoms with Gasteiger partial charge in [0.15, 0.2) is 5.16 Å². The summed E-state index contributed by atoms with van der Waals surface area (Å²) in [6.45, 7) is 0. The first-order chi connectivity index (χ1) is 16.2. The maximum Gasteiger partial charge on any atom is 0.416 e. The summed E-state index contributed by atoms with van der Waals surface area (Å²) in [5.74, 6) is 0.577. The Kier molecular flexibility index (Phi) is 7.15. The lowest BCUT2D eigenvalue weighted by molar-refractivity contribution is -0.137. The van der Waals surface area contributed by atoms with E-state index in [2.05, 4.69) is 10.3 Å². The molecule has 1 N–H and O–H groups in total. The quantitative estimate of drug-likeness (QED) is 0.347. The Morgan fingerprint density at radius 2 is 2.00 bits per heavy atom. The monoisotopic (exact) mass is 527 g/mol. The Morgan fingerprint density at radius 1 is 1.26 bits per heavy atom. The molecule has 6 nitrogen and oxygen atoms in total. The SMILES string of the molecule is COc1ccc(-n2c(SCC(=O)Nc3cc(C(F)(F)F)ccc3Cl)nc3c(c2=O)SCC3)cc1. The largest absolute Gasteiger partial charge is 0.497 e. The number of thioether (sulfide) groups is 2. The fourth-order valence-corrected chi connectivity index (χ4v) is 5.28. The van der Waals surface area contributed by atoms with Gasteiger partial charge in [-0.15, -0.1) is 11.8 Å². The third-order valence-corrected chi connectivity index (χ3v) is 7.27. The normalized spacial score (nSPS) is 13.0. The van der Waals surface area contributed by atoms with Crippen LogP contribution in [0, 0.1) is 0 Å². The van der Waals surface area contributed by atoms with Crippen molar-refractivity contribution in [1.29, 1.82) is 0 Å². The van der Waals surface area contributed by atoms with Crippen LogP contribution in [0.3, 0.4) is 0 Å². The molecular weight excluding hydrogens is 511 g/mol. The van der Waals surface area contributed by atoms with Gasteiger partial charge in [-0.05, 0) is 42.5 Å². The lowest BCUT2D eigenvalue weighted by atomic mass is 10.2. The summed E-state index contributed by atoms with van der Waals surface area (Å²) in [5.41, 5.74) is -0.0820. The van der Waals surface area contributed by atoms with Gasteiger partial charge >= 0.3 is 6.18 Å². The molecule has 0 saturated carbocycles. The number of amides is 1. The average Bonchev–Trinajstić information content (AvgIpc) is 3.28. The van der Waals surface area contributed by atoms with E-state index >= 15 is 0 Å². The summed E-state index contributed by atoms with van der Waals surface area (Å²) < 4.78 is 45.6. The Labute approximate surface area is 205 Å². The van der Waals surface area contributed by atoms with E-state index < -0.39 is 17.6 Å². The van der Waals surface area contributed by atoms with E-state index in [1.54, 1.807) is 24.3 Å². The lowest BCUT2D eigenvalue weighted by Gasteiger charge is -2.14. The van der Waals surface area contributed by atoms with Gasteiger partial charge in [0, 0.05) is 12.2 Å². The zero-order valence-electron chi connectivity index (χ0n) is 17.6. The lowest BCUT2D eigenvalue weighted by Crippen LogP contribution is -2.24. The number of aromatic nitrogens is 2. The second-order valence-electron chi connectivity index (χ2n) is 7.14. The molecule has 3 aromatic rings. The molecule has 2 aromatic carbocycles. The number of hydrogen-bond acceptors (Lipinski definition) is 6. The van der Waals surface area contributed by atoms with Crippen LogP contribution < -0.4 is 15.6 Å². The molecular formula is C22H17ClF3N3O3S2. The summed E-state index contributed by atoms with van der Waals surface area (Å²) >= 11 is 8.41. The molecule has 0 saturated heterocycles. The highest BCUT2D eigenvalue weighted by molar-refractivity contribution is 8.00. The molecule has 0 aliphatic carbocycles. The van der Waals surface area contributed by atoms with Crippen LogP contribution in [-0.4, -0.2) is 34.1 Å². The highest BCUT2D eigenvalue weighted by Gasteiger charge is 2.31. The van der Waals surface area contributed by atoms with Crippen molar-refractivity contribution in [3.8, 4) is 11.4 Å². The number of aryl methyl sites for hydroxylation is 1. The van der Waals surface area contributed by atoms with Gasteiger partial charge in [0.1, 0.15) is 5.75 Å². The van der Waals surface area contributed by atoms with Crippen molar-refractivity contribution in [2.75, 3.05) is 23.9 Å². The minimum Gasteiger partial charge on any atom is -0.497 e. The number of nitrogens with zero attached hydrogens (tertiary/aromatic N) is 2. The molecule has 0 atom stereocenters. The summed E-state index contributed by atoms with van der Waals surface area (Å²) in [5, 5.41) is 2.69. The maximum atomic E-state index is 13.2. The Hall–Kier alpha value is -2.63. The molecule has 34 heavy (non-hydrogen) atoms. The van der Waals surface area contributed by atoms with E-state index in [1.807, 2.05) is 0 Å². The summed E-state index contributed by atoms with van der Waals surface area (Å²) in [7, 11) is 1.53. The molecule has 0 spiro atoms. The Bertz CT molecular complexity index is 1300. The zero-order valence-corrected chi connectivity index (χ0v) is 20.0. The maximum absolute atomic E-state index is 13.2. The van der Waals surface area contributed by atoms with Crippen LogP contribution in [-0.2, 0) is 17.4 Å². The van der Waals surface area contributed by atoms with Crippen LogP contribution in [0.2, 0.25) is 5.02 Å². The minimum atomic E-state index is -4.57. The number of methoxy groups -OCH3 is 1. The molecule has 0 fully saturated rings. The number of carbonyl (C=O) groups excluding carboxylic acids is 1. The fraction of sp³-hybridized carbons (Fsp3) is 0.227. The molecule has 1 amide bonds. The van der Waals surface area contributed by atoms with Crippen LogP contribution >= 0.6 is 35.1 Å². The topological polar surface area (TPSA) is 73.2 Å². The molecule has 4 rings (SSSR count). The second kappa shape index (κ2) is 9.93. The van der Waals surface area contributed by atoms with E-state index in [1.165, 1.54) is 23.4 Å². The third kappa shape index (κ3) is 5.21. The van der Waals surface area contributed by atoms with Gasteiger partial charge in [0.25, 0.3) is 5.56 Å². The summed E-state index contributed by atoms with van der Waals surface area (Å²) in [4.78, 5) is 30.9. The second-order valence-corrected chi connectivity index (χ2v) is 9.59. The first-order valence-corrected chi connectivity index (χ1v) is 12.2. The van der Waals surface area contributed by atoms with Crippen molar-refractivity contribution in [3.05, 3.63) is 69.1 Å². The average molecular weight is 528 g/mol. The molecule has 0 radical (unpaired) electrons. The van der Waals surface area contributed by atoms with Crippen molar-refractivity contribution in [3.63, 3.8) is 0 Å². The number of benzene rings is 2. The van der Waals surface area contributed by atoms with E-state index in [0.29, 0.717) is 33.6 Å². The number of halogens is 4. The van der Waals surface area contributed by atoms with E-state index in [4.69, 9.17) is 16.3 Å². The minimum absolute atomic E-state index is 0.0193. The van der Waals surface area contributed by atoms with Gasteiger partial charge in [0.2, 0.25) is 5.91 Å². The molecule has 0 unspecified atom stereocenters. The smallest absolute Gasteiger partial charge is 0.416 e. The van der Waals surface area contributed by atoms with E-state index in [0.717, 1.165) is 35.7 Å². The van der Waals surface area contributed by atoms with Gasteiger partial charge in [-0.1, -0.05) is 23.4 Å². The van der Waals surface area contributed by atoms with Gasteiger partial charge in [-0.3, -0.25) is 14.2 Å². The molecule has 1 aliphatic rings. The number of ether oxygens (including phenoxy) is 1. The number of rotatable bonds is 6. The Morgan fingerprint density at radius 3 is 2.68 bits per heavy atom. The van der Waals surface area contributed by atoms with Crippen LogP contribution in [0.15, 0.2) is 57.3 Å². The van der Waals surface area contributed by atoms with Crippen molar-refractivity contribution >= 4 is 46.7 Å². The standard InChI is InChI=1S/C22H17ClF3N3O3S2/c1-32-14-5-3-13(4-6-14)29-20(31)19-16(8-9-33-19)28-21(29)34-11-18(30)27-17-10-12(22(24,25)26)2-7-15(17)23/h2-7,10H,8-9,11H2,1H3,(H,27,30). The highest BCUT2D eigenvalue weighted by Crippen LogP contribution is 2.34. The Balaban J connectivity index is 1.59. The van der Waals surface area contributed by atoms with Crippen molar-refractivity contribution in [2.45, 2.75) is 22.6 Å². The molecule has 0 bridgehead atoms. The van der Waals surface area contributed by atoms with Gasteiger partial charge < -0.3 is 10.1 Å². The highest BCUT2D eigenvalue weighted by atomic mass is 35.5. The number of anilines is 1. The van der Waals surface area contributed by atoms with Gasteiger partial charge in [0.05, 0.1) is 45.4 Å². The first-order valence-electron chi connectivity index (χ1n) is 9.90. The summed E-state index contributed by atoms with van der Waals surface area (Å²) in [6, 6.07) is 9.53. The zero-order chi connectivity index (χ0) is 24.5. The van der Waals surface area contributed by atoms with Crippen LogP contribution in [0.1, 0.15) is 11.3 Å². The van der Waals surface area contributed by atoms with Gasteiger partial charge in [-0.2, -0.15) is 13.2 Å². The van der Waals surface area contributed by atoms with E-state index in [-0.39, 0.29) is 22.0 Å². The number of fused-ring (bicyclic) bond motifs is 1. The molecule has 2 heterocycles.